The Bertz CT molecular complexity index is 1070. The molecule has 150 valence electrons. The molecule has 4 N–H and O–H groups in total. The number of nitrogens with two attached hydrogens (primary N) is 1. The molecule has 0 fully saturated rings. The van der Waals surface area contributed by atoms with Crippen molar-refractivity contribution >= 4 is 33.3 Å². The molecule has 2 aromatic carbocycles. The number of sulfonamides is 1. The number of nitriles is 1. The molecule has 0 heterocycles. The molecule has 0 saturated heterocycles. The zero-order valence-electron chi connectivity index (χ0n) is 15.4. The van der Waals surface area contributed by atoms with E-state index in [2.05, 4.69) is 10.6 Å². The van der Waals surface area contributed by atoms with Gasteiger partial charge in [-0.25, -0.2) is 18.4 Å². The summed E-state index contributed by atoms with van der Waals surface area (Å²) < 4.78 is 27.3. The Morgan fingerprint density at radius 3 is 2.21 bits per heavy atom. The fourth-order valence-corrected chi connectivity index (χ4v) is 2.66. The number of hydrogen-bond acceptors (Lipinski definition) is 7. The fourth-order valence-electron chi connectivity index (χ4n) is 2.15. The van der Waals surface area contributed by atoms with E-state index in [1.54, 1.807) is 13.0 Å². The van der Waals surface area contributed by atoms with Gasteiger partial charge in [0, 0.05) is 17.6 Å². The summed E-state index contributed by atoms with van der Waals surface area (Å²) in [4.78, 5) is 23.8. The lowest BCUT2D eigenvalue weighted by molar-refractivity contribution is -0.112. The maximum Gasteiger partial charge on any atom is 0.338 e. The van der Waals surface area contributed by atoms with Crippen LogP contribution in [0.5, 0.6) is 0 Å². The Morgan fingerprint density at radius 1 is 1.10 bits per heavy atom. The van der Waals surface area contributed by atoms with E-state index < -0.39 is 21.9 Å². The van der Waals surface area contributed by atoms with Crippen molar-refractivity contribution in [2.24, 2.45) is 5.14 Å². The van der Waals surface area contributed by atoms with Crippen LogP contribution < -0.4 is 15.8 Å². The van der Waals surface area contributed by atoms with E-state index in [1.165, 1.54) is 54.7 Å². The smallest absolute Gasteiger partial charge is 0.338 e. The average Bonchev–Trinajstić information content (AvgIpc) is 2.69. The summed E-state index contributed by atoms with van der Waals surface area (Å²) in [6, 6.07) is 13.3. The third-order valence-corrected chi connectivity index (χ3v) is 4.51. The van der Waals surface area contributed by atoms with Gasteiger partial charge in [0.05, 0.1) is 17.1 Å². The van der Waals surface area contributed by atoms with E-state index in [1.807, 2.05) is 0 Å². The van der Waals surface area contributed by atoms with Gasteiger partial charge in [-0.3, -0.25) is 4.79 Å². The zero-order valence-corrected chi connectivity index (χ0v) is 16.2. The van der Waals surface area contributed by atoms with Gasteiger partial charge in [-0.2, -0.15) is 5.26 Å². The van der Waals surface area contributed by atoms with Gasteiger partial charge >= 0.3 is 5.97 Å². The van der Waals surface area contributed by atoms with E-state index in [-0.39, 0.29) is 17.1 Å². The van der Waals surface area contributed by atoms with E-state index in [0.717, 1.165) is 0 Å². The van der Waals surface area contributed by atoms with E-state index >= 15 is 0 Å². The van der Waals surface area contributed by atoms with Crippen molar-refractivity contribution in [1.29, 1.82) is 5.26 Å². The molecule has 0 aliphatic heterocycles. The second kappa shape index (κ2) is 9.50. The van der Waals surface area contributed by atoms with Crippen LogP contribution in [-0.4, -0.2) is 26.9 Å². The van der Waals surface area contributed by atoms with Gasteiger partial charge in [-0.15, -0.1) is 0 Å². The summed E-state index contributed by atoms with van der Waals surface area (Å²) in [5, 5.41) is 19.5. The van der Waals surface area contributed by atoms with Gasteiger partial charge in [0.1, 0.15) is 11.6 Å². The number of amides is 1. The summed E-state index contributed by atoms with van der Waals surface area (Å²) in [6.45, 7) is 1.95. The minimum atomic E-state index is -3.80. The first kappa shape index (κ1) is 21.6. The van der Waals surface area contributed by atoms with Crippen LogP contribution in [0, 0.1) is 11.3 Å². The Hall–Kier alpha value is -3.68. The highest BCUT2D eigenvalue weighted by Crippen LogP contribution is 2.14. The van der Waals surface area contributed by atoms with Crippen LogP contribution in [-0.2, 0) is 19.6 Å². The molecule has 0 saturated carbocycles. The number of carbonyl (C=O) groups is 2. The summed E-state index contributed by atoms with van der Waals surface area (Å²) in [6.07, 6.45) is 1.19. The predicted molar refractivity (Wildman–Crippen MR) is 106 cm³/mol. The van der Waals surface area contributed by atoms with Gasteiger partial charge in [0.25, 0.3) is 5.91 Å². The number of carbonyl (C=O) groups excluding carboxylic acids is 2. The monoisotopic (exact) mass is 414 g/mol. The number of rotatable bonds is 7. The van der Waals surface area contributed by atoms with Crippen molar-refractivity contribution in [3.05, 3.63) is 65.9 Å². The molecule has 0 atom stereocenters. The molecule has 0 radical (unpaired) electrons. The van der Waals surface area contributed by atoms with Crippen molar-refractivity contribution in [3.8, 4) is 6.07 Å². The normalized spacial score (nSPS) is 11.3. The first-order valence-electron chi connectivity index (χ1n) is 8.33. The van der Waals surface area contributed by atoms with Crippen LogP contribution in [0.1, 0.15) is 17.3 Å². The molecular weight excluding hydrogens is 396 g/mol. The number of nitrogens with one attached hydrogen (secondary N) is 2. The minimum absolute atomic E-state index is 0.0588. The number of primary sulfonamides is 1. The SMILES string of the molecule is CCOC(=O)c1ccc(NC(=O)/C(C#N)=C\Nc2ccc(S(N)(=O)=O)cc2)cc1. The van der Waals surface area contributed by atoms with Gasteiger partial charge in [0.2, 0.25) is 10.0 Å². The van der Waals surface area contributed by atoms with Crippen LogP contribution in [0.15, 0.2) is 65.2 Å². The first-order valence-corrected chi connectivity index (χ1v) is 9.87. The number of benzene rings is 2. The molecule has 1 amide bonds. The molecule has 0 aliphatic carbocycles. The van der Waals surface area contributed by atoms with Crippen molar-refractivity contribution in [1.82, 2.24) is 0 Å². The van der Waals surface area contributed by atoms with Crippen molar-refractivity contribution in [2.75, 3.05) is 17.2 Å². The molecular formula is C19H18N4O5S. The Balaban J connectivity index is 2.04. The Kier molecular flexibility index (Phi) is 7.08. The van der Waals surface area contributed by atoms with Crippen LogP contribution in [0.4, 0.5) is 11.4 Å². The molecule has 0 spiro atoms. The molecule has 0 unspecified atom stereocenters. The number of ether oxygens (including phenoxy) is 1. The maximum absolute atomic E-state index is 12.2. The number of esters is 1. The number of hydrogen-bond donors (Lipinski definition) is 3. The lowest BCUT2D eigenvalue weighted by Gasteiger charge is -2.07. The summed E-state index contributed by atoms with van der Waals surface area (Å²) >= 11 is 0. The second-order valence-electron chi connectivity index (χ2n) is 5.64. The highest BCUT2D eigenvalue weighted by Gasteiger charge is 2.11. The molecule has 29 heavy (non-hydrogen) atoms. The summed E-state index contributed by atoms with van der Waals surface area (Å²) in [5.74, 6) is -1.13. The van der Waals surface area contributed by atoms with Gasteiger partial charge in [-0.05, 0) is 55.5 Å². The first-order chi connectivity index (χ1) is 13.7. The quantitative estimate of drug-likeness (QED) is 0.356. The largest absolute Gasteiger partial charge is 0.462 e. The maximum atomic E-state index is 12.2. The third-order valence-electron chi connectivity index (χ3n) is 3.59. The predicted octanol–water partition coefficient (Wildman–Crippen LogP) is 1.97. The Labute approximate surface area is 167 Å². The summed E-state index contributed by atoms with van der Waals surface area (Å²) in [7, 11) is -3.80. The van der Waals surface area contributed by atoms with Gasteiger partial charge < -0.3 is 15.4 Å². The number of anilines is 2. The van der Waals surface area contributed by atoms with Crippen molar-refractivity contribution in [2.45, 2.75) is 11.8 Å². The molecule has 2 rings (SSSR count). The molecule has 0 bridgehead atoms. The lowest BCUT2D eigenvalue weighted by atomic mass is 10.2. The molecule has 9 nitrogen and oxygen atoms in total. The van der Waals surface area contributed by atoms with E-state index in [9.17, 15) is 23.3 Å². The fraction of sp³-hybridized carbons (Fsp3) is 0.105. The average molecular weight is 414 g/mol. The minimum Gasteiger partial charge on any atom is -0.462 e. The molecule has 10 heteroatoms. The number of nitrogens with zero attached hydrogens (tertiary/aromatic N) is 1. The van der Waals surface area contributed by atoms with Crippen molar-refractivity contribution < 1.29 is 22.7 Å². The zero-order chi connectivity index (χ0) is 21.4. The highest BCUT2D eigenvalue weighted by atomic mass is 32.2. The van der Waals surface area contributed by atoms with Gasteiger partial charge in [-0.1, -0.05) is 0 Å². The second-order valence-corrected chi connectivity index (χ2v) is 7.20. The van der Waals surface area contributed by atoms with E-state index in [4.69, 9.17) is 9.88 Å². The van der Waals surface area contributed by atoms with E-state index in [0.29, 0.717) is 16.9 Å². The van der Waals surface area contributed by atoms with Gasteiger partial charge in [0.15, 0.2) is 0 Å². The molecule has 0 aromatic heterocycles. The van der Waals surface area contributed by atoms with Crippen LogP contribution in [0.3, 0.4) is 0 Å². The molecule has 2 aromatic rings. The third kappa shape index (κ3) is 6.17. The van der Waals surface area contributed by atoms with Crippen LogP contribution >= 0.6 is 0 Å². The molecule has 0 aliphatic rings. The topological polar surface area (TPSA) is 151 Å². The Morgan fingerprint density at radius 2 is 1.69 bits per heavy atom. The lowest BCUT2D eigenvalue weighted by Crippen LogP contribution is -2.15. The summed E-state index contributed by atoms with van der Waals surface area (Å²) in [5.41, 5.74) is 0.971. The highest BCUT2D eigenvalue weighted by molar-refractivity contribution is 7.89. The standard InChI is InChI=1S/C19H18N4O5S/c1-2-28-19(25)13-3-5-16(6-4-13)23-18(24)14(11-20)12-22-15-7-9-17(10-8-15)29(21,26)27/h3-10,12,22H,2H2,1H3,(H,23,24)(H2,21,26,27)/b14-12-. The van der Waals surface area contributed by atoms with Crippen molar-refractivity contribution in [3.63, 3.8) is 0 Å². The van der Waals surface area contributed by atoms with Crippen LogP contribution in [0.25, 0.3) is 0 Å². The van der Waals surface area contributed by atoms with Crippen LogP contribution in [0.2, 0.25) is 0 Å².